The summed E-state index contributed by atoms with van der Waals surface area (Å²) in [6, 6.07) is 22.9. The third-order valence-electron chi connectivity index (χ3n) is 5.55. The lowest BCUT2D eigenvalue weighted by Crippen LogP contribution is -2.15. The number of carbonyl (C=O) groups is 2. The molecule has 0 spiro atoms. The molecule has 0 fully saturated rings. The van der Waals surface area contributed by atoms with Gasteiger partial charge in [0.15, 0.2) is 12.4 Å². The molecule has 0 bridgehead atoms. The Labute approximate surface area is 187 Å². The molecule has 0 aliphatic heterocycles. The van der Waals surface area contributed by atoms with Crippen molar-refractivity contribution >= 4 is 22.7 Å². The molecule has 0 amide bonds. The summed E-state index contributed by atoms with van der Waals surface area (Å²) in [4.78, 5) is 30.3. The highest BCUT2D eigenvalue weighted by Crippen LogP contribution is 2.26. The van der Waals surface area contributed by atoms with Crippen LogP contribution >= 0.6 is 0 Å². The number of Topliss-reactive ketones (excluding diaryl/α,β-unsaturated/α-hetero) is 1. The van der Waals surface area contributed by atoms with Gasteiger partial charge >= 0.3 is 5.97 Å². The van der Waals surface area contributed by atoms with E-state index in [1.807, 2.05) is 68.4 Å². The second-order valence-corrected chi connectivity index (χ2v) is 7.99. The number of esters is 1. The molecule has 4 aromatic rings. The van der Waals surface area contributed by atoms with E-state index in [0.717, 1.165) is 28.7 Å². The second-order valence-electron chi connectivity index (χ2n) is 7.99. The molecule has 4 rings (SSSR count). The third-order valence-corrected chi connectivity index (χ3v) is 5.55. The van der Waals surface area contributed by atoms with Gasteiger partial charge in [0, 0.05) is 16.5 Å². The van der Waals surface area contributed by atoms with Crippen molar-refractivity contribution in [3.8, 4) is 11.3 Å². The van der Waals surface area contributed by atoms with Crippen LogP contribution in [0.25, 0.3) is 22.2 Å². The van der Waals surface area contributed by atoms with Gasteiger partial charge in [-0.05, 0) is 44.0 Å². The van der Waals surface area contributed by atoms with Gasteiger partial charge in [0.05, 0.1) is 16.8 Å². The summed E-state index contributed by atoms with van der Waals surface area (Å²) in [7, 11) is 0. The standard InChI is InChI=1S/C28H25NO3/c1-4-20-8-12-22(13-9-20)27(30)17-32-28(31)24-16-26(21-10-5-18(2)6-11-21)29-25-14-7-19(3)15-23(24)25/h5-16H,4,17H2,1-3H3. The van der Waals surface area contributed by atoms with Crippen molar-refractivity contribution < 1.29 is 14.3 Å². The maximum absolute atomic E-state index is 13.0. The van der Waals surface area contributed by atoms with E-state index in [-0.39, 0.29) is 12.4 Å². The fourth-order valence-electron chi connectivity index (χ4n) is 3.60. The summed E-state index contributed by atoms with van der Waals surface area (Å²) in [6.07, 6.45) is 0.904. The van der Waals surface area contributed by atoms with E-state index in [9.17, 15) is 9.59 Å². The maximum atomic E-state index is 13.0. The first-order valence-corrected chi connectivity index (χ1v) is 10.7. The van der Waals surface area contributed by atoms with Crippen LogP contribution in [-0.4, -0.2) is 23.3 Å². The topological polar surface area (TPSA) is 56.3 Å². The first-order chi connectivity index (χ1) is 15.4. The van der Waals surface area contributed by atoms with Crippen molar-refractivity contribution in [2.45, 2.75) is 27.2 Å². The summed E-state index contributed by atoms with van der Waals surface area (Å²) < 4.78 is 5.44. The average molecular weight is 424 g/mol. The van der Waals surface area contributed by atoms with Gasteiger partial charge in [-0.25, -0.2) is 9.78 Å². The van der Waals surface area contributed by atoms with Crippen molar-refractivity contribution in [2.75, 3.05) is 6.61 Å². The molecule has 0 saturated carbocycles. The zero-order valence-electron chi connectivity index (χ0n) is 18.5. The molecular weight excluding hydrogens is 398 g/mol. The van der Waals surface area contributed by atoms with Crippen LogP contribution in [0.2, 0.25) is 0 Å². The molecular formula is C28H25NO3. The quantitative estimate of drug-likeness (QED) is 0.277. The molecule has 4 nitrogen and oxygen atoms in total. The fraction of sp³-hybridized carbons (Fsp3) is 0.179. The summed E-state index contributed by atoms with van der Waals surface area (Å²) in [5, 5.41) is 0.714. The van der Waals surface area contributed by atoms with Gasteiger partial charge in [0.2, 0.25) is 0 Å². The van der Waals surface area contributed by atoms with Crippen molar-refractivity contribution in [3.63, 3.8) is 0 Å². The lowest BCUT2D eigenvalue weighted by molar-refractivity contribution is 0.0476. The summed E-state index contributed by atoms with van der Waals surface area (Å²) in [6.45, 7) is 5.74. The number of hydrogen-bond acceptors (Lipinski definition) is 4. The molecule has 0 N–H and O–H groups in total. The molecule has 3 aromatic carbocycles. The molecule has 1 aromatic heterocycles. The summed E-state index contributed by atoms with van der Waals surface area (Å²) in [5.41, 5.74) is 6.57. The molecule has 160 valence electrons. The van der Waals surface area contributed by atoms with Gasteiger partial charge in [-0.15, -0.1) is 0 Å². The highest BCUT2D eigenvalue weighted by Gasteiger charge is 2.17. The predicted molar refractivity (Wildman–Crippen MR) is 127 cm³/mol. The SMILES string of the molecule is CCc1ccc(C(=O)COC(=O)c2cc(-c3ccc(C)cc3)nc3ccc(C)cc23)cc1. The van der Waals surface area contributed by atoms with Crippen molar-refractivity contribution in [1.29, 1.82) is 0 Å². The molecule has 0 saturated heterocycles. The second kappa shape index (κ2) is 9.15. The van der Waals surface area contributed by atoms with Gasteiger partial charge in [-0.3, -0.25) is 4.79 Å². The number of aryl methyl sites for hydroxylation is 3. The first kappa shape index (κ1) is 21.4. The zero-order valence-corrected chi connectivity index (χ0v) is 18.5. The number of hydrogen-bond donors (Lipinski definition) is 0. The van der Waals surface area contributed by atoms with Gasteiger partial charge in [0.1, 0.15) is 0 Å². The number of carbonyl (C=O) groups excluding carboxylic acids is 2. The Morgan fingerprint density at radius 3 is 2.22 bits per heavy atom. The number of nitrogens with zero attached hydrogens (tertiary/aromatic N) is 1. The van der Waals surface area contributed by atoms with E-state index >= 15 is 0 Å². The van der Waals surface area contributed by atoms with Gasteiger partial charge in [-0.2, -0.15) is 0 Å². The largest absolute Gasteiger partial charge is 0.454 e. The number of ether oxygens (including phenoxy) is 1. The predicted octanol–water partition coefficient (Wildman–Crippen LogP) is 6.12. The van der Waals surface area contributed by atoms with Crippen LogP contribution in [0.15, 0.2) is 72.8 Å². The minimum atomic E-state index is -0.533. The normalized spacial score (nSPS) is 10.8. The van der Waals surface area contributed by atoms with Crippen LogP contribution < -0.4 is 0 Å². The van der Waals surface area contributed by atoms with Crippen LogP contribution in [0.4, 0.5) is 0 Å². The Bertz CT molecular complexity index is 1290. The highest BCUT2D eigenvalue weighted by atomic mass is 16.5. The number of pyridine rings is 1. The molecule has 4 heteroatoms. The number of fused-ring (bicyclic) bond motifs is 1. The lowest BCUT2D eigenvalue weighted by atomic mass is 10.0. The number of benzene rings is 3. The van der Waals surface area contributed by atoms with E-state index in [1.54, 1.807) is 18.2 Å². The van der Waals surface area contributed by atoms with Crippen molar-refractivity contribution in [2.24, 2.45) is 0 Å². The molecule has 0 aliphatic rings. The first-order valence-electron chi connectivity index (χ1n) is 10.7. The lowest BCUT2D eigenvalue weighted by Gasteiger charge is -2.11. The van der Waals surface area contributed by atoms with E-state index in [2.05, 4.69) is 6.92 Å². The zero-order chi connectivity index (χ0) is 22.7. The average Bonchev–Trinajstić information content (AvgIpc) is 2.82. The summed E-state index contributed by atoms with van der Waals surface area (Å²) in [5.74, 6) is -0.760. The van der Waals surface area contributed by atoms with Crippen LogP contribution in [0, 0.1) is 13.8 Å². The Hall–Kier alpha value is -3.79. The molecule has 0 atom stereocenters. The van der Waals surface area contributed by atoms with Crippen LogP contribution in [0.1, 0.15) is 44.3 Å². The molecule has 32 heavy (non-hydrogen) atoms. The Morgan fingerprint density at radius 2 is 1.53 bits per heavy atom. The molecule has 0 radical (unpaired) electrons. The van der Waals surface area contributed by atoms with Crippen LogP contribution in [0.3, 0.4) is 0 Å². The van der Waals surface area contributed by atoms with E-state index in [4.69, 9.17) is 9.72 Å². The van der Waals surface area contributed by atoms with E-state index < -0.39 is 5.97 Å². The minimum absolute atomic E-state index is 0.227. The third kappa shape index (κ3) is 4.59. The number of aromatic nitrogens is 1. The fourth-order valence-corrected chi connectivity index (χ4v) is 3.60. The Kier molecular flexibility index (Phi) is 6.13. The highest BCUT2D eigenvalue weighted by molar-refractivity contribution is 6.06. The van der Waals surface area contributed by atoms with Gasteiger partial charge in [-0.1, -0.05) is 72.6 Å². The van der Waals surface area contributed by atoms with Crippen molar-refractivity contribution in [1.82, 2.24) is 4.98 Å². The monoisotopic (exact) mass is 423 g/mol. The summed E-state index contributed by atoms with van der Waals surface area (Å²) >= 11 is 0. The molecule has 0 unspecified atom stereocenters. The smallest absolute Gasteiger partial charge is 0.339 e. The van der Waals surface area contributed by atoms with Crippen LogP contribution in [-0.2, 0) is 11.2 Å². The van der Waals surface area contributed by atoms with E-state index in [0.29, 0.717) is 27.7 Å². The van der Waals surface area contributed by atoms with Gasteiger partial charge in [0.25, 0.3) is 0 Å². The molecule has 1 heterocycles. The van der Waals surface area contributed by atoms with E-state index in [1.165, 1.54) is 0 Å². The minimum Gasteiger partial charge on any atom is -0.454 e. The van der Waals surface area contributed by atoms with Gasteiger partial charge < -0.3 is 4.74 Å². The number of ketones is 1. The number of rotatable bonds is 6. The molecule has 0 aliphatic carbocycles. The van der Waals surface area contributed by atoms with Crippen molar-refractivity contribution in [3.05, 3.63) is 101 Å². The van der Waals surface area contributed by atoms with Crippen LogP contribution in [0.5, 0.6) is 0 Å². The maximum Gasteiger partial charge on any atom is 0.339 e. The Balaban J connectivity index is 1.63. The Morgan fingerprint density at radius 1 is 0.844 bits per heavy atom.